The number of aromatic nitrogens is 2. The first-order valence-corrected chi connectivity index (χ1v) is 10.8. The summed E-state index contributed by atoms with van der Waals surface area (Å²) < 4.78 is 13.8. The highest BCUT2D eigenvalue weighted by molar-refractivity contribution is 5.47. The maximum absolute atomic E-state index is 10.6. The van der Waals surface area contributed by atoms with Crippen molar-refractivity contribution in [3.8, 4) is 23.1 Å². The van der Waals surface area contributed by atoms with Crippen molar-refractivity contribution in [2.45, 2.75) is 45.9 Å². The van der Waals surface area contributed by atoms with E-state index in [9.17, 15) is 5.11 Å². The molecule has 1 N–H and O–H groups in total. The van der Waals surface area contributed by atoms with Gasteiger partial charge in [0.1, 0.15) is 0 Å². The number of nitrogens with zero attached hydrogens (tertiary/aromatic N) is 3. The van der Waals surface area contributed by atoms with Crippen LogP contribution in [0, 0.1) is 6.92 Å². The molecule has 3 aromatic rings. The molecule has 1 heterocycles. The van der Waals surface area contributed by atoms with Gasteiger partial charge in [0.05, 0.1) is 29.7 Å². The fourth-order valence-corrected chi connectivity index (χ4v) is 3.48. The standard InChI is InChI=1S/C26H33N3O3/c1-7-26(5,30)18-28(19(2)3)17-22-20(4)27-29(21-13-9-8-10-14-21)25(22)32-24-16-12-11-15-23(24)31-6/h7-16,19,30H,1,17-18H2,2-6H3. The van der Waals surface area contributed by atoms with E-state index in [0.717, 1.165) is 16.9 Å². The molecular formula is C26H33N3O3. The Bertz CT molecular complexity index is 1040. The van der Waals surface area contributed by atoms with Crippen molar-refractivity contribution < 1.29 is 14.6 Å². The summed E-state index contributed by atoms with van der Waals surface area (Å²) in [6.45, 7) is 12.7. The minimum absolute atomic E-state index is 0.194. The lowest BCUT2D eigenvalue weighted by Crippen LogP contribution is -2.42. The van der Waals surface area contributed by atoms with Crippen LogP contribution in [-0.2, 0) is 6.54 Å². The SMILES string of the molecule is C=CC(C)(O)CN(Cc1c(C)nn(-c2ccccc2)c1Oc1ccccc1OC)C(C)C. The summed E-state index contributed by atoms with van der Waals surface area (Å²) in [5.41, 5.74) is 1.72. The number of methoxy groups -OCH3 is 1. The van der Waals surface area contributed by atoms with Crippen LogP contribution >= 0.6 is 0 Å². The Hall–Kier alpha value is -3.09. The first-order chi connectivity index (χ1) is 15.3. The average Bonchev–Trinajstić information content (AvgIpc) is 3.09. The van der Waals surface area contributed by atoms with E-state index >= 15 is 0 Å². The molecule has 0 aliphatic heterocycles. The molecule has 0 aliphatic carbocycles. The van der Waals surface area contributed by atoms with Gasteiger partial charge < -0.3 is 14.6 Å². The molecule has 1 atom stereocenters. The van der Waals surface area contributed by atoms with Crippen LogP contribution in [0.1, 0.15) is 32.0 Å². The fourth-order valence-electron chi connectivity index (χ4n) is 3.48. The van der Waals surface area contributed by atoms with Crippen molar-refractivity contribution in [1.29, 1.82) is 0 Å². The highest BCUT2D eigenvalue weighted by atomic mass is 16.5. The molecule has 0 amide bonds. The molecule has 0 saturated heterocycles. The second kappa shape index (κ2) is 10.0. The second-order valence-electron chi connectivity index (χ2n) is 8.43. The Balaban J connectivity index is 2.09. The molecule has 1 unspecified atom stereocenters. The van der Waals surface area contributed by atoms with E-state index in [4.69, 9.17) is 14.6 Å². The molecule has 0 aliphatic rings. The number of benzene rings is 2. The minimum atomic E-state index is -1.00. The van der Waals surface area contributed by atoms with Gasteiger partial charge in [0.25, 0.3) is 0 Å². The molecule has 2 aromatic carbocycles. The second-order valence-corrected chi connectivity index (χ2v) is 8.43. The van der Waals surface area contributed by atoms with Gasteiger partial charge in [-0.1, -0.05) is 36.4 Å². The summed E-state index contributed by atoms with van der Waals surface area (Å²) in [6, 6.07) is 17.7. The number of aliphatic hydroxyl groups is 1. The van der Waals surface area contributed by atoms with Gasteiger partial charge in [0, 0.05) is 19.1 Å². The van der Waals surface area contributed by atoms with E-state index in [1.807, 2.05) is 66.2 Å². The lowest BCUT2D eigenvalue weighted by Gasteiger charge is -2.32. The van der Waals surface area contributed by atoms with E-state index < -0.39 is 5.60 Å². The largest absolute Gasteiger partial charge is 0.493 e. The fraction of sp³-hybridized carbons (Fsp3) is 0.346. The quantitative estimate of drug-likeness (QED) is 0.448. The molecular weight excluding hydrogens is 402 g/mol. The first-order valence-electron chi connectivity index (χ1n) is 10.8. The monoisotopic (exact) mass is 435 g/mol. The smallest absolute Gasteiger partial charge is 0.227 e. The van der Waals surface area contributed by atoms with Crippen LogP contribution in [0.5, 0.6) is 17.4 Å². The van der Waals surface area contributed by atoms with Crippen molar-refractivity contribution in [2.75, 3.05) is 13.7 Å². The molecule has 0 saturated carbocycles. The molecule has 0 fully saturated rings. The van der Waals surface area contributed by atoms with Gasteiger partial charge in [-0.05, 0) is 52.0 Å². The third-order valence-electron chi connectivity index (χ3n) is 5.47. The predicted octanol–water partition coefficient (Wildman–Crippen LogP) is 5.13. The molecule has 32 heavy (non-hydrogen) atoms. The summed E-state index contributed by atoms with van der Waals surface area (Å²) in [5.74, 6) is 1.89. The molecule has 6 heteroatoms. The molecule has 0 radical (unpaired) electrons. The number of ether oxygens (including phenoxy) is 2. The van der Waals surface area contributed by atoms with Gasteiger partial charge in [-0.2, -0.15) is 5.10 Å². The van der Waals surface area contributed by atoms with Crippen molar-refractivity contribution in [3.05, 3.63) is 78.5 Å². The van der Waals surface area contributed by atoms with Crippen LogP contribution in [-0.4, -0.2) is 45.1 Å². The summed E-state index contributed by atoms with van der Waals surface area (Å²) >= 11 is 0. The number of hydrogen-bond donors (Lipinski definition) is 1. The first kappa shape index (κ1) is 23.6. The number of aryl methyl sites for hydroxylation is 1. The zero-order valence-electron chi connectivity index (χ0n) is 19.6. The molecule has 3 rings (SSSR count). The van der Waals surface area contributed by atoms with E-state index in [1.54, 1.807) is 20.1 Å². The summed E-state index contributed by atoms with van der Waals surface area (Å²) in [6.07, 6.45) is 1.58. The molecule has 1 aromatic heterocycles. The zero-order chi connectivity index (χ0) is 23.3. The number of para-hydroxylation sites is 3. The predicted molar refractivity (Wildman–Crippen MR) is 128 cm³/mol. The Kier molecular flexibility index (Phi) is 7.38. The van der Waals surface area contributed by atoms with Crippen LogP contribution in [0.2, 0.25) is 0 Å². The maximum atomic E-state index is 10.6. The van der Waals surface area contributed by atoms with E-state index in [0.29, 0.717) is 30.5 Å². The Morgan fingerprint density at radius 1 is 1.12 bits per heavy atom. The van der Waals surface area contributed by atoms with Gasteiger partial charge >= 0.3 is 0 Å². The van der Waals surface area contributed by atoms with Crippen LogP contribution in [0.15, 0.2) is 67.3 Å². The van der Waals surface area contributed by atoms with Crippen LogP contribution in [0.25, 0.3) is 5.69 Å². The van der Waals surface area contributed by atoms with Crippen molar-refractivity contribution in [1.82, 2.24) is 14.7 Å². The summed E-state index contributed by atoms with van der Waals surface area (Å²) in [7, 11) is 1.63. The summed E-state index contributed by atoms with van der Waals surface area (Å²) in [4.78, 5) is 2.19. The van der Waals surface area contributed by atoms with E-state index in [-0.39, 0.29) is 6.04 Å². The maximum Gasteiger partial charge on any atom is 0.227 e. The van der Waals surface area contributed by atoms with Crippen LogP contribution in [0.3, 0.4) is 0 Å². The number of hydrogen-bond acceptors (Lipinski definition) is 5. The van der Waals surface area contributed by atoms with Crippen LogP contribution < -0.4 is 9.47 Å². The minimum Gasteiger partial charge on any atom is -0.493 e. The van der Waals surface area contributed by atoms with Crippen LogP contribution in [0.4, 0.5) is 0 Å². The van der Waals surface area contributed by atoms with Crippen molar-refractivity contribution in [3.63, 3.8) is 0 Å². The lowest BCUT2D eigenvalue weighted by atomic mass is 10.1. The zero-order valence-corrected chi connectivity index (χ0v) is 19.6. The molecule has 170 valence electrons. The average molecular weight is 436 g/mol. The Morgan fingerprint density at radius 2 is 1.75 bits per heavy atom. The van der Waals surface area contributed by atoms with Gasteiger partial charge in [0.15, 0.2) is 11.5 Å². The van der Waals surface area contributed by atoms with Crippen molar-refractivity contribution >= 4 is 0 Å². The Morgan fingerprint density at radius 3 is 2.34 bits per heavy atom. The molecule has 0 spiro atoms. The van der Waals surface area contributed by atoms with Gasteiger partial charge in [-0.25, -0.2) is 4.68 Å². The van der Waals surface area contributed by atoms with Gasteiger partial charge in [0.2, 0.25) is 5.88 Å². The van der Waals surface area contributed by atoms with Gasteiger partial charge in [-0.3, -0.25) is 4.90 Å². The molecule has 0 bridgehead atoms. The Labute approximate surface area is 190 Å². The third kappa shape index (κ3) is 5.39. The lowest BCUT2D eigenvalue weighted by molar-refractivity contribution is 0.0454. The number of rotatable bonds is 10. The highest BCUT2D eigenvalue weighted by Crippen LogP contribution is 2.36. The highest BCUT2D eigenvalue weighted by Gasteiger charge is 2.27. The van der Waals surface area contributed by atoms with Crippen molar-refractivity contribution in [2.24, 2.45) is 0 Å². The normalized spacial score (nSPS) is 13.2. The topological polar surface area (TPSA) is 59.8 Å². The van der Waals surface area contributed by atoms with E-state index in [2.05, 4.69) is 25.3 Å². The van der Waals surface area contributed by atoms with Gasteiger partial charge in [-0.15, -0.1) is 6.58 Å². The molecule has 6 nitrogen and oxygen atoms in total. The summed E-state index contributed by atoms with van der Waals surface area (Å²) in [5, 5.41) is 15.4. The third-order valence-corrected chi connectivity index (χ3v) is 5.47. The van der Waals surface area contributed by atoms with E-state index in [1.165, 1.54) is 0 Å².